The van der Waals surface area contributed by atoms with E-state index in [1.807, 2.05) is 31.2 Å². The Labute approximate surface area is 180 Å². The molecule has 1 fully saturated rings. The number of hydrogen-bond donors (Lipinski definition) is 1. The Hall–Kier alpha value is -3.06. The second-order valence-electron chi connectivity index (χ2n) is 8.04. The smallest absolute Gasteiger partial charge is 0.247 e. The van der Waals surface area contributed by atoms with Crippen LogP contribution in [0, 0.1) is 12.7 Å². The summed E-state index contributed by atoms with van der Waals surface area (Å²) < 4.78 is 24.6. The Morgan fingerprint density at radius 2 is 1.77 bits per heavy atom. The van der Waals surface area contributed by atoms with E-state index in [-0.39, 0.29) is 23.6 Å². The van der Waals surface area contributed by atoms with Gasteiger partial charge in [-0.25, -0.2) is 4.39 Å². The molecule has 1 aromatic heterocycles. The Morgan fingerprint density at radius 1 is 1.06 bits per heavy atom. The number of benzene rings is 2. The summed E-state index contributed by atoms with van der Waals surface area (Å²) in [7, 11) is 0. The van der Waals surface area contributed by atoms with E-state index in [2.05, 4.69) is 15.5 Å². The van der Waals surface area contributed by atoms with Gasteiger partial charge in [-0.1, -0.05) is 29.8 Å². The molecular weight excluding hydrogens is 397 g/mol. The van der Waals surface area contributed by atoms with E-state index in [1.54, 1.807) is 12.1 Å². The number of nitrogens with zero attached hydrogens (tertiary/aromatic N) is 2. The third kappa shape index (κ3) is 5.17. The number of aryl methyl sites for hydroxylation is 2. The lowest BCUT2D eigenvalue weighted by molar-refractivity contribution is -0.121. The molecule has 1 amide bonds. The lowest BCUT2D eigenvalue weighted by Crippen LogP contribution is -2.44. The zero-order chi connectivity index (χ0) is 21.7. The van der Waals surface area contributed by atoms with E-state index < -0.39 is 0 Å². The number of amides is 1. The van der Waals surface area contributed by atoms with Crippen LogP contribution in [-0.4, -0.2) is 35.9 Å². The first kappa shape index (κ1) is 21.2. The molecule has 0 radical (unpaired) electrons. The average molecular weight is 423 g/mol. The quantitative estimate of drug-likeness (QED) is 0.622. The Morgan fingerprint density at radius 3 is 2.48 bits per heavy atom. The van der Waals surface area contributed by atoms with Gasteiger partial charge >= 0.3 is 0 Å². The van der Waals surface area contributed by atoms with E-state index in [4.69, 9.17) is 9.15 Å². The van der Waals surface area contributed by atoms with Crippen molar-refractivity contribution in [2.24, 2.45) is 0 Å². The second-order valence-corrected chi connectivity index (χ2v) is 8.04. The van der Waals surface area contributed by atoms with Crippen molar-refractivity contribution >= 4 is 5.91 Å². The summed E-state index contributed by atoms with van der Waals surface area (Å²) in [6.45, 7) is 3.75. The fourth-order valence-electron chi connectivity index (χ4n) is 3.88. The number of halogens is 1. The minimum Gasteiger partial charge on any atom is -0.421 e. The normalized spacial score (nSPS) is 15.5. The summed E-state index contributed by atoms with van der Waals surface area (Å²) in [5, 5.41) is 11.2. The molecule has 2 heterocycles. The van der Waals surface area contributed by atoms with E-state index in [0.717, 1.165) is 29.5 Å². The maximum atomic E-state index is 13.4. The predicted octanol–water partition coefficient (Wildman–Crippen LogP) is 3.98. The summed E-state index contributed by atoms with van der Waals surface area (Å²) in [5.41, 5.74) is 2.79. The molecular formula is C24H26FN3O3. The third-order valence-corrected chi connectivity index (χ3v) is 5.86. The maximum absolute atomic E-state index is 13.4. The number of carbonyl (C=O) groups excluding carboxylic acids is 1. The van der Waals surface area contributed by atoms with Crippen LogP contribution in [0.2, 0.25) is 0 Å². The minimum atomic E-state index is -0.264. The largest absolute Gasteiger partial charge is 0.421 e. The Balaban J connectivity index is 1.34. The lowest BCUT2D eigenvalue weighted by Gasteiger charge is -2.38. The van der Waals surface area contributed by atoms with Gasteiger partial charge in [0.15, 0.2) is 0 Å². The van der Waals surface area contributed by atoms with Gasteiger partial charge in [-0.15, -0.1) is 10.2 Å². The molecule has 0 saturated carbocycles. The average Bonchev–Trinajstić information content (AvgIpc) is 3.27. The van der Waals surface area contributed by atoms with Gasteiger partial charge in [-0.05, 0) is 49.6 Å². The first-order chi connectivity index (χ1) is 15.0. The van der Waals surface area contributed by atoms with Gasteiger partial charge in [-0.2, -0.15) is 0 Å². The molecule has 7 heteroatoms. The maximum Gasteiger partial charge on any atom is 0.247 e. The van der Waals surface area contributed by atoms with Crippen molar-refractivity contribution in [3.8, 4) is 11.5 Å². The molecule has 1 aliphatic rings. The predicted molar refractivity (Wildman–Crippen MR) is 114 cm³/mol. The van der Waals surface area contributed by atoms with Crippen molar-refractivity contribution in [2.75, 3.05) is 19.8 Å². The molecule has 6 nitrogen and oxygen atoms in total. The van der Waals surface area contributed by atoms with Crippen LogP contribution in [-0.2, 0) is 21.4 Å². The molecule has 0 bridgehead atoms. The molecule has 2 aromatic carbocycles. The highest BCUT2D eigenvalue weighted by atomic mass is 19.1. The van der Waals surface area contributed by atoms with Gasteiger partial charge in [0.25, 0.3) is 0 Å². The van der Waals surface area contributed by atoms with Gasteiger partial charge in [0.1, 0.15) is 5.82 Å². The van der Waals surface area contributed by atoms with Gasteiger partial charge in [0, 0.05) is 43.6 Å². The highest BCUT2D eigenvalue weighted by Crippen LogP contribution is 2.34. The number of nitrogens with one attached hydrogen (secondary N) is 1. The monoisotopic (exact) mass is 423 g/mol. The molecule has 3 aromatic rings. The molecule has 1 aliphatic heterocycles. The Bertz CT molecular complexity index is 1010. The standard InChI is InChI=1S/C24H26FN3O3/c1-17-2-4-18(5-3-17)23-28-27-22(31-23)11-10-21(29)26-16-24(12-14-30-15-13-24)19-6-8-20(25)9-7-19/h2-9H,10-16H2,1H3,(H,26,29). The van der Waals surface area contributed by atoms with Crippen molar-refractivity contribution in [1.29, 1.82) is 0 Å². The zero-order valence-corrected chi connectivity index (χ0v) is 17.6. The van der Waals surface area contributed by atoms with Crippen LogP contribution < -0.4 is 5.32 Å². The summed E-state index contributed by atoms with van der Waals surface area (Å²) in [5.74, 6) is 0.542. The van der Waals surface area contributed by atoms with E-state index in [9.17, 15) is 9.18 Å². The first-order valence-electron chi connectivity index (χ1n) is 10.5. The van der Waals surface area contributed by atoms with E-state index in [1.165, 1.54) is 12.1 Å². The van der Waals surface area contributed by atoms with Crippen LogP contribution >= 0.6 is 0 Å². The fraction of sp³-hybridized carbons (Fsp3) is 0.375. The SMILES string of the molecule is Cc1ccc(-c2nnc(CCC(=O)NCC3(c4ccc(F)cc4)CCOCC3)o2)cc1. The van der Waals surface area contributed by atoms with Gasteiger partial charge in [0.2, 0.25) is 17.7 Å². The molecule has 31 heavy (non-hydrogen) atoms. The minimum absolute atomic E-state index is 0.0805. The van der Waals surface area contributed by atoms with Gasteiger partial charge in [0.05, 0.1) is 0 Å². The molecule has 162 valence electrons. The van der Waals surface area contributed by atoms with Crippen molar-refractivity contribution in [3.63, 3.8) is 0 Å². The van der Waals surface area contributed by atoms with Crippen molar-refractivity contribution < 1.29 is 18.3 Å². The van der Waals surface area contributed by atoms with E-state index >= 15 is 0 Å². The van der Waals surface area contributed by atoms with Crippen LogP contribution in [0.3, 0.4) is 0 Å². The fourth-order valence-corrected chi connectivity index (χ4v) is 3.88. The summed E-state index contributed by atoms with van der Waals surface area (Å²) in [6.07, 6.45) is 2.19. The number of hydrogen-bond acceptors (Lipinski definition) is 5. The molecule has 0 atom stereocenters. The third-order valence-electron chi connectivity index (χ3n) is 5.86. The Kier molecular flexibility index (Phi) is 6.42. The summed E-state index contributed by atoms with van der Waals surface area (Å²) in [4.78, 5) is 12.5. The molecule has 1 saturated heterocycles. The van der Waals surface area contributed by atoms with Crippen LogP contribution in [0.15, 0.2) is 52.9 Å². The molecule has 0 spiro atoms. The van der Waals surface area contributed by atoms with Crippen LogP contribution in [0.5, 0.6) is 0 Å². The van der Waals surface area contributed by atoms with Gasteiger partial charge < -0.3 is 14.5 Å². The molecule has 1 N–H and O–H groups in total. The lowest BCUT2D eigenvalue weighted by atomic mass is 9.74. The van der Waals surface area contributed by atoms with E-state index in [0.29, 0.717) is 38.0 Å². The molecule has 4 rings (SSSR count). The summed E-state index contributed by atoms with van der Waals surface area (Å²) >= 11 is 0. The number of aromatic nitrogens is 2. The number of ether oxygens (including phenoxy) is 1. The van der Waals surface area contributed by atoms with Crippen molar-refractivity contribution in [3.05, 3.63) is 71.4 Å². The van der Waals surface area contributed by atoms with Crippen LogP contribution in [0.1, 0.15) is 36.3 Å². The van der Waals surface area contributed by atoms with Crippen molar-refractivity contribution in [2.45, 2.75) is 38.0 Å². The van der Waals surface area contributed by atoms with Crippen molar-refractivity contribution in [1.82, 2.24) is 15.5 Å². The first-order valence-corrected chi connectivity index (χ1v) is 10.5. The zero-order valence-electron chi connectivity index (χ0n) is 17.6. The number of carbonyl (C=O) groups is 1. The molecule has 0 unspecified atom stereocenters. The van der Waals surface area contributed by atoms with Crippen LogP contribution in [0.4, 0.5) is 4.39 Å². The second kappa shape index (κ2) is 9.39. The molecule has 0 aliphatic carbocycles. The van der Waals surface area contributed by atoms with Gasteiger partial charge in [-0.3, -0.25) is 4.79 Å². The topological polar surface area (TPSA) is 77.2 Å². The highest BCUT2D eigenvalue weighted by Gasteiger charge is 2.34. The summed E-state index contributed by atoms with van der Waals surface area (Å²) in [6, 6.07) is 14.4. The highest BCUT2D eigenvalue weighted by molar-refractivity contribution is 5.76. The van der Waals surface area contributed by atoms with Crippen LogP contribution in [0.25, 0.3) is 11.5 Å². The number of rotatable bonds is 7.